The van der Waals surface area contributed by atoms with E-state index in [-0.39, 0.29) is 5.91 Å². The molecule has 21 heavy (non-hydrogen) atoms. The standard InChI is InChI=1S/C15H20N4OS/c20-15(10-18-12-16-11-17-18)19-8-2-1-4-13(19)6-7-14-5-3-9-21-14/h3,5,9,11-13H,1-2,4,6-8,10H2/t13-/m1/s1. The maximum atomic E-state index is 12.5. The number of aryl methyl sites for hydroxylation is 1. The van der Waals surface area contributed by atoms with Gasteiger partial charge in [-0.05, 0) is 43.6 Å². The van der Waals surface area contributed by atoms with Crippen molar-refractivity contribution >= 4 is 17.2 Å². The third-order valence-corrected chi connectivity index (χ3v) is 4.95. The zero-order chi connectivity index (χ0) is 14.5. The summed E-state index contributed by atoms with van der Waals surface area (Å²) in [5.74, 6) is 0.163. The normalized spacial score (nSPS) is 18.9. The van der Waals surface area contributed by atoms with Crippen molar-refractivity contribution in [1.29, 1.82) is 0 Å². The summed E-state index contributed by atoms with van der Waals surface area (Å²) in [4.78, 5) is 19.8. The molecule has 0 spiro atoms. The van der Waals surface area contributed by atoms with Gasteiger partial charge in [0.1, 0.15) is 19.2 Å². The van der Waals surface area contributed by atoms with E-state index in [2.05, 4.69) is 32.5 Å². The second-order valence-corrected chi connectivity index (χ2v) is 6.48. The fourth-order valence-corrected chi connectivity index (χ4v) is 3.66. The van der Waals surface area contributed by atoms with E-state index in [0.717, 1.165) is 32.2 Å². The second kappa shape index (κ2) is 6.85. The molecule has 1 amide bonds. The number of piperidine rings is 1. The first-order valence-corrected chi connectivity index (χ1v) is 8.35. The molecule has 2 aromatic heterocycles. The Labute approximate surface area is 128 Å². The van der Waals surface area contributed by atoms with Crippen LogP contribution in [-0.2, 0) is 17.8 Å². The quantitative estimate of drug-likeness (QED) is 0.852. The number of hydrogen-bond donors (Lipinski definition) is 0. The predicted octanol–water partition coefficient (Wildman–Crippen LogP) is 2.35. The zero-order valence-corrected chi connectivity index (χ0v) is 12.8. The van der Waals surface area contributed by atoms with Crippen LogP contribution < -0.4 is 0 Å². The molecule has 0 bridgehead atoms. The summed E-state index contributed by atoms with van der Waals surface area (Å²) in [6.07, 6.45) is 8.65. The molecule has 0 saturated carbocycles. The Kier molecular flexibility index (Phi) is 4.65. The van der Waals surface area contributed by atoms with E-state index in [9.17, 15) is 4.79 Å². The molecule has 5 nitrogen and oxygen atoms in total. The van der Waals surface area contributed by atoms with Crippen LogP contribution >= 0.6 is 11.3 Å². The van der Waals surface area contributed by atoms with Gasteiger partial charge in [0.15, 0.2) is 0 Å². The maximum Gasteiger partial charge on any atom is 0.244 e. The van der Waals surface area contributed by atoms with E-state index >= 15 is 0 Å². The molecule has 0 aromatic carbocycles. The van der Waals surface area contributed by atoms with Gasteiger partial charge in [-0.1, -0.05) is 6.07 Å². The molecular formula is C15H20N4OS. The number of nitrogens with zero attached hydrogens (tertiary/aromatic N) is 4. The van der Waals surface area contributed by atoms with Crippen LogP contribution in [0.3, 0.4) is 0 Å². The third kappa shape index (κ3) is 3.69. The SMILES string of the molecule is O=C(Cn1cncn1)N1CCCC[C@@H]1CCc1cccs1. The van der Waals surface area contributed by atoms with E-state index in [4.69, 9.17) is 0 Å². The van der Waals surface area contributed by atoms with Crippen LogP contribution in [0.25, 0.3) is 0 Å². The molecular weight excluding hydrogens is 284 g/mol. The Morgan fingerprint density at radius 1 is 1.43 bits per heavy atom. The minimum absolute atomic E-state index is 0.163. The number of hydrogen-bond acceptors (Lipinski definition) is 4. The minimum atomic E-state index is 0.163. The van der Waals surface area contributed by atoms with Crippen molar-refractivity contribution in [1.82, 2.24) is 19.7 Å². The minimum Gasteiger partial charge on any atom is -0.338 e. The lowest BCUT2D eigenvalue weighted by molar-refractivity contribution is -0.135. The Balaban J connectivity index is 1.59. The summed E-state index contributed by atoms with van der Waals surface area (Å²) in [6.45, 7) is 1.18. The van der Waals surface area contributed by atoms with Crippen molar-refractivity contribution in [2.75, 3.05) is 6.54 Å². The largest absolute Gasteiger partial charge is 0.338 e. The average Bonchev–Trinajstić information content (AvgIpc) is 3.18. The summed E-state index contributed by atoms with van der Waals surface area (Å²) < 4.78 is 1.60. The molecule has 1 atom stereocenters. The van der Waals surface area contributed by atoms with Gasteiger partial charge in [-0.15, -0.1) is 11.3 Å². The van der Waals surface area contributed by atoms with Gasteiger partial charge in [-0.25, -0.2) is 9.67 Å². The smallest absolute Gasteiger partial charge is 0.244 e. The Morgan fingerprint density at radius 3 is 3.14 bits per heavy atom. The molecule has 1 saturated heterocycles. The van der Waals surface area contributed by atoms with E-state index in [1.165, 1.54) is 17.6 Å². The summed E-state index contributed by atoms with van der Waals surface area (Å²) in [5, 5.41) is 6.14. The van der Waals surface area contributed by atoms with Gasteiger partial charge in [0.25, 0.3) is 0 Å². The summed E-state index contributed by atoms with van der Waals surface area (Å²) in [6, 6.07) is 4.64. The summed E-state index contributed by atoms with van der Waals surface area (Å²) in [7, 11) is 0. The lowest BCUT2D eigenvalue weighted by Gasteiger charge is -2.36. The van der Waals surface area contributed by atoms with Crippen molar-refractivity contribution in [3.05, 3.63) is 35.0 Å². The zero-order valence-electron chi connectivity index (χ0n) is 12.0. The van der Waals surface area contributed by atoms with Gasteiger partial charge in [-0.2, -0.15) is 5.10 Å². The van der Waals surface area contributed by atoms with Gasteiger partial charge in [-0.3, -0.25) is 4.79 Å². The highest BCUT2D eigenvalue weighted by Gasteiger charge is 2.26. The van der Waals surface area contributed by atoms with Gasteiger partial charge in [0.2, 0.25) is 5.91 Å². The van der Waals surface area contributed by atoms with Crippen LogP contribution in [-0.4, -0.2) is 38.2 Å². The van der Waals surface area contributed by atoms with E-state index in [0.29, 0.717) is 12.6 Å². The first kappa shape index (κ1) is 14.3. The first-order valence-electron chi connectivity index (χ1n) is 7.47. The first-order chi connectivity index (χ1) is 10.3. The highest BCUT2D eigenvalue weighted by Crippen LogP contribution is 2.23. The molecule has 1 aliphatic heterocycles. The Bertz CT molecular complexity index is 552. The number of likely N-dealkylation sites (tertiary alicyclic amines) is 1. The average molecular weight is 304 g/mol. The lowest BCUT2D eigenvalue weighted by Crippen LogP contribution is -2.45. The number of rotatable bonds is 5. The summed E-state index contributed by atoms with van der Waals surface area (Å²) in [5.41, 5.74) is 0. The fraction of sp³-hybridized carbons (Fsp3) is 0.533. The molecule has 3 heterocycles. The van der Waals surface area contributed by atoms with Gasteiger partial charge in [0.05, 0.1) is 0 Å². The number of aromatic nitrogens is 3. The Hall–Kier alpha value is -1.69. The van der Waals surface area contributed by atoms with Crippen molar-refractivity contribution in [2.45, 2.75) is 44.7 Å². The van der Waals surface area contributed by atoms with Gasteiger partial charge in [0, 0.05) is 17.5 Å². The van der Waals surface area contributed by atoms with Crippen LogP contribution in [0.5, 0.6) is 0 Å². The predicted molar refractivity (Wildman–Crippen MR) is 82.0 cm³/mol. The molecule has 6 heteroatoms. The molecule has 2 aromatic rings. The van der Waals surface area contributed by atoms with Crippen LogP contribution in [0, 0.1) is 0 Å². The molecule has 3 rings (SSSR count). The van der Waals surface area contributed by atoms with Gasteiger partial charge < -0.3 is 4.90 Å². The third-order valence-electron chi connectivity index (χ3n) is 4.02. The Morgan fingerprint density at radius 2 is 2.38 bits per heavy atom. The van der Waals surface area contributed by atoms with Crippen molar-refractivity contribution < 1.29 is 4.79 Å². The number of carbonyl (C=O) groups is 1. The van der Waals surface area contributed by atoms with E-state index in [1.54, 1.807) is 22.3 Å². The topological polar surface area (TPSA) is 51.0 Å². The molecule has 0 N–H and O–H groups in total. The van der Waals surface area contributed by atoms with Crippen LogP contribution in [0.1, 0.15) is 30.6 Å². The summed E-state index contributed by atoms with van der Waals surface area (Å²) >= 11 is 1.80. The highest BCUT2D eigenvalue weighted by molar-refractivity contribution is 7.09. The van der Waals surface area contributed by atoms with Crippen molar-refractivity contribution in [3.63, 3.8) is 0 Å². The lowest BCUT2D eigenvalue weighted by atomic mass is 9.97. The molecule has 0 unspecified atom stereocenters. The molecule has 1 fully saturated rings. The van der Waals surface area contributed by atoms with E-state index < -0.39 is 0 Å². The van der Waals surface area contributed by atoms with Crippen LogP contribution in [0.2, 0.25) is 0 Å². The molecule has 1 aliphatic rings. The maximum absolute atomic E-state index is 12.5. The molecule has 0 aliphatic carbocycles. The fourth-order valence-electron chi connectivity index (χ4n) is 2.94. The van der Waals surface area contributed by atoms with Crippen molar-refractivity contribution in [2.24, 2.45) is 0 Å². The van der Waals surface area contributed by atoms with Crippen LogP contribution in [0.15, 0.2) is 30.2 Å². The van der Waals surface area contributed by atoms with Crippen molar-refractivity contribution in [3.8, 4) is 0 Å². The monoisotopic (exact) mass is 304 g/mol. The number of amides is 1. The van der Waals surface area contributed by atoms with Gasteiger partial charge >= 0.3 is 0 Å². The second-order valence-electron chi connectivity index (χ2n) is 5.45. The highest BCUT2D eigenvalue weighted by atomic mass is 32.1. The van der Waals surface area contributed by atoms with E-state index in [1.807, 2.05) is 0 Å². The molecule has 112 valence electrons. The van der Waals surface area contributed by atoms with Crippen LogP contribution in [0.4, 0.5) is 0 Å². The number of carbonyl (C=O) groups excluding carboxylic acids is 1. The molecule has 0 radical (unpaired) electrons. The number of thiophene rings is 1.